The Morgan fingerprint density at radius 3 is 2.85 bits per heavy atom. The molecule has 20 nitrogen and oxygen atoms in total. The van der Waals surface area contributed by atoms with Gasteiger partial charge in [0.25, 0.3) is 11.5 Å². The molecule has 1 aliphatic heterocycles. The van der Waals surface area contributed by atoms with Crippen LogP contribution in [0.3, 0.4) is 0 Å². The molecule has 0 saturated carbocycles. The number of rotatable bonds is 17. The van der Waals surface area contributed by atoms with Crippen LogP contribution >= 0.6 is 9.47 Å². The Hall–Kier alpha value is -4.95. The number of aromatic amines is 1. The predicted octanol–water partition coefficient (Wildman–Crippen LogP) is 0.390. The molecule has 2 amide bonds. The Morgan fingerprint density at radius 1 is 1.28 bits per heavy atom. The van der Waals surface area contributed by atoms with Crippen LogP contribution in [0.2, 0.25) is 0 Å². The van der Waals surface area contributed by atoms with Crippen molar-refractivity contribution in [2.45, 2.75) is 31.1 Å². The maximum absolute atomic E-state index is 12.5. The van der Waals surface area contributed by atoms with Gasteiger partial charge in [0.15, 0.2) is 6.23 Å². The number of ether oxygens (including phenoxy) is 4. The van der Waals surface area contributed by atoms with Crippen LogP contribution in [0.25, 0.3) is 20.9 Å². The van der Waals surface area contributed by atoms with Gasteiger partial charge in [-0.2, -0.15) is 0 Å². The topological polar surface area (TPSA) is 269 Å². The van der Waals surface area contributed by atoms with Crippen molar-refractivity contribution >= 4 is 21.3 Å². The summed E-state index contributed by atoms with van der Waals surface area (Å²) in [4.78, 5) is 56.8. The zero-order valence-corrected chi connectivity index (χ0v) is 26.2. The summed E-state index contributed by atoms with van der Waals surface area (Å²) in [5, 5.41) is 14.7. The molecular formula is C26H32N11O9P. The summed E-state index contributed by atoms with van der Waals surface area (Å²) in [5.41, 5.74) is 16.1. The molecule has 47 heavy (non-hydrogen) atoms. The van der Waals surface area contributed by atoms with E-state index in [0.717, 1.165) is 4.57 Å². The van der Waals surface area contributed by atoms with E-state index in [1.807, 2.05) is 0 Å². The van der Waals surface area contributed by atoms with Crippen molar-refractivity contribution in [3.8, 4) is 17.6 Å². The highest BCUT2D eigenvalue weighted by atomic mass is 31.0. The molecule has 250 valence electrons. The van der Waals surface area contributed by atoms with E-state index in [0.29, 0.717) is 11.3 Å². The molecule has 3 rings (SSSR count). The van der Waals surface area contributed by atoms with Crippen LogP contribution in [0.15, 0.2) is 50.3 Å². The van der Waals surface area contributed by atoms with Crippen molar-refractivity contribution in [2.75, 3.05) is 46.8 Å². The smallest absolute Gasteiger partial charge is 0.330 e. The lowest BCUT2D eigenvalue weighted by Gasteiger charge is -2.17. The SMILES string of the molecule is CNCNC(=O)c1cccc(OCC(N=[N+]=[N-])OCC(=O)NCC#Cc2cn(C3CC(OCN=[N+]=[N-])C(COP)O3)c(=O)[nH]c2=O)c1. The standard InChI is InChI=1S/C26H32N11O9P/c1-29-14-31-24(39)16-4-2-6-18(8-16)42-13-22(34-36-28)43-12-21(38)30-7-3-5-17-10-37(26(41)33-25(17)40)23-9-19(44-15-32-35-27)20(46-23)11-45-47/h2,4,6,8,10,19-20,22-23,29H,7,9,11-15,47H2,1H3,(H,30,38)(H,31,39)(H,33,40,41). The second-order valence-electron chi connectivity index (χ2n) is 9.40. The van der Waals surface area contributed by atoms with E-state index in [1.165, 1.54) is 12.3 Å². The van der Waals surface area contributed by atoms with E-state index in [9.17, 15) is 19.2 Å². The van der Waals surface area contributed by atoms with Crippen LogP contribution in [-0.4, -0.2) is 86.6 Å². The summed E-state index contributed by atoms with van der Waals surface area (Å²) in [7, 11) is 3.77. The monoisotopic (exact) mass is 673 g/mol. The number of hydrogen-bond donors (Lipinski definition) is 4. The fraction of sp³-hybridized carbons (Fsp3) is 0.462. The number of H-pyrrole nitrogens is 1. The number of carbonyl (C=O) groups is 2. The number of amides is 2. The summed E-state index contributed by atoms with van der Waals surface area (Å²) in [5.74, 6) is 4.61. The highest BCUT2D eigenvalue weighted by Gasteiger charge is 2.37. The Bertz CT molecular complexity index is 1660. The molecular weight excluding hydrogens is 641 g/mol. The molecule has 1 saturated heterocycles. The fourth-order valence-electron chi connectivity index (χ4n) is 4.08. The predicted molar refractivity (Wildman–Crippen MR) is 167 cm³/mol. The number of carbonyl (C=O) groups excluding carboxylic acids is 2. The number of azide groups is 2. The highest BCUT2D eigenvalue weighted by Crippen LogP contribution is 2.30. The minimum absolute atomic E-state index is 0.0693. The van der Waals surface area contributed by atoms with Gasteiger partial charge in [0.1, 0.15) is 43.6 Å². The Labute approximate surface area is 269 Å². The summed E-state index contributed by atoms with van der Waals surface area (Å²) in [6, 6.07) is 6.31. The first-order valence-corrected chi connectivity index (χ1v) is 14.3. The van der Waals surface area contributed by atoms with Gasteiger partial charge in [0.05, 0.1) is 25.9 Å². The number of hydrogen-bond acceptors (Lipinski definition) is 12. The molecule has 1 aromatic heterocycles. The first-order chi connectivity index (χ1) is 22.8. The van der Waals surface area contributed by atoms with Crippen LogP contribution in [0.4, 0.5) is 0 Å². The number of benzene rings is 1. The van der Waals surface area contributed by atoms with Crippen molar-refractivity contribution in [1.29, 1.82) is 0 Å². The third-order valence-corrected chi connectivity index (χ3v) is 6.42. The third-order valence-electron chi connectivity index (χ3n) is 6.23. The minimum atomic E-state index is -1.16. The lowest BCUT2D eigenvalue weighted by Crippen LogP contribution is -2.34. The normalized spacial score (nSPS) is 17.3. The van der Waals surface area contributed by atoms with Crippen LogP contribution in [0.5, 0.6) is 5.75 Å². The molecule has 0 spiro atoms. The van der Waals surface area contributed by atoms with Gasteiger partial charge in [0, 0.05) is 37.5 Å². The van der Waals surface area contributed by atoms with Crippen LogP contribution in [0, 0.1) is 11.8 Å². The van der Waals surface area contributed by atoms with Crippen LogP contribution in [0.1, 0.15) is 28.6 Å². The van der Waals surface area contributed by atoms with Crippen LogP contribution in [-0.2, 0) is 23.5 Å². The van der Waals surface area contributed by atoms with Gasteiger partial charge in [-0.25, -0.2) is 4.79 Å². The molecule has 4 N–H and O–H groups in total. The van der Waals surface area contributed by atoms with E-state index >= 15 is 0 Å². The van der Waals surface area contributed by atoms with E-state index in [-0.39, 0.29) is 51.0 Å². The maximum Gasteiger partial charge on any atom is 0.330 e. The average Bonchev–Trinajstić information content (AvgIpc) is 3.46. The summed E-state index contributed by atoms with van der Waals surface area (Å²) < 4.78 is 28.5. The van der Waals surface area contributed by atoms with Gasteiger partial charge < -0.3 is 39.4 Å². The largest absolute Gasteiger partial charge is 0.491 e. The average molecular weight is 674 g/mol. The Morgan fingerprint density at radius 2 is 2.11 bits per heavy atom. The van der Waals surface area contributed by atoms with Crippen molar-refractivity contribution in [2.24, 2.45) is 10.2 Å². The molecule has 0 aliphatic carbocycles. The zero-order valence-electron chi connectivity index (χ0n) is 25.0. The second-order valence-corrected chi connectivity index (χ2v) is 9.73. The van der Waals surface area contributed by atoms with Crippen molar-refractivity contribution in [1.82, 2.24) is 25.5 Å². The highest BCUT2D eigenvalue weighted by molar-refractivity contribution is 7.09. The molecule has 5 unspecified atom stereocenters. The Kier molecular flexibility index (Phi) is 15.2. The van der Waals surface area contributed by atoms with Crippen molar-refractivity contribution < 1.29 is 33.1 Å². The van der Waals surface area contributed by atoms with E-state index in [2.05, 4.69) is 62.3 Å². The summed E-state index contributed by atoms with van der Waals surface area (Å²) in [6.07, 6.45) is -1.73. The lowest BCUT2D eigenvalue weighted by atomic mass is 10.2. The van der Waals surface area contributed by atoms with Gasteiger partial charge in [-0.15, -0.1) is 0 Å². The van der Waals surface area contributed by atoms with Gasteiger partial charge in [0.2, 0.25) is 5.91 Å². The third kappa shape index (κ3) is 11.7. The molecule has 1 aliphatic rings. The molecule has 1 aromatic carbocycles. The zero-order chi connectivity index (χ0) is 34.0. The maximum atomic E-state index is 12.5. The first-order valence-electron chi connectivity index (χ1n) is 13.8. The van der Waals surface area contributed by atoms with Crippen LogP contribution < -0.4 is 31.9 Å². The van der Waals surface area contributed by atoms with E-state index in [1.54, 1.807) is 25.2 Å². The van der Waals surface area contributed by atoms with E-state index < -0.39 is 48.4 Å². The second kappa shape index (κ2) is 19.5. The molecule has 5 atom stereocenters. The molecule has 0 bridgehead atoms. The fourth-order valence-corrected chi connectivity index (χ4v) is 4.27. The quantitative estimate of drug-likeness (QED) is 0.0448. The summed E-state index contributed by atoms with van der Waals surface area (Å²) in [6.45, 7) is -0.787. The van der Waals surface area contributed by atoms with Gasteiger partial charge in [-0.1, -0.05) is 28.1 Å². The molecule has 1 fully saturated rings. The number of nitrogens with one attached hydrogen (secondary N) is 4. The van der Waals surface area contributed by atoms with Gasteiger partial charge in [-0.3, -0.25) is 23.9 Å². The van der Waals surface area contributed by atoms with Crippen molar-refractivity contribution in [3.63, 3.8) is 0 Å². The van der Waals surface area contributed by atoms with Crippen molar-refractivity contribution in [3.05, 3.63) is 83.3 Å². The Balaban J connectivity index is 1.53. The van der Waals surface area contributed by atoms with E-state index in [4.69, 9.17) is 34.5 Å². The number of aromatic nitrogens is 2. The molecule has 21 heteroatoms. The molecule has 2 aromatic rings. The minimum Gasteiger partial charge on any atom is -0.491 e. The van der Waals surface area contributed by atoms with Gasteiger partial charge >= 0.3 is 5.69 Å². The molecule has 0 radical (unpaired) electrons. The molecule has 2 heterocycles. The van der Waals surface area contributed by atoms with Gasteiger partial charge in [-0.05, 0) is 36.3 Å². The lowest BCUT2D eigenvalue weighted by molar-refractivity contribution is -0.127. The first kappa shape index (κ1) is 36.5. The summed E-state index contributed by atoms with van der Waals surface area (Å²) >= 11 is 0. The number of nitrogens with zero attached hydrogens (tertiary/aromatic N) is 7.